The number of benzene rings is 3. The van der Waals surface area contributed by atoms with Gasteiger partial charge in [-0.05, 0) is 47.7 Å². The quantitative estimate of drug-likeness (QED) is 0.411. The molecule has 0 atom stereocenters. The van der Waals surface area contributed by atoms with Crippen LogP contribution in [0.4, 0.5) is 0 Å². The smallest absolute Gasteiger partial charge is 0.204 e. The van der Waals surface area contributed by atoms with Gasteiger partial charge in [0.1, 0.15) is 0 Å². The Morgan fingerprint density at radius 3 is 1.93 bits per heavy atom. The number of halogens is 1. The number of likely N-dealkylation sites (tertiary alicyclic amines) is 1. The molecule has 1 fully saturated rings. The van der Waals surface area contributed by atoms with Gasteiger partial charge in [-0.25, -0.2) is 4.98 Å². The first-order chi connectivity index (χ1) is 14.3. The Balaban J connectivity index is 1.41. The summed E-state index contributed by atoms with van der Waals surface area (Å²) in [5, 5.41) is 0.604. The first-order valence-electron chi connectivity index (χ1n) is 10.3. The number of hydrogen-bond donors (Lipinski definition) is 0. The van der Waals surface area contributed by atoms with Crippen molar-refractivity contribution in [3.63, 3.8) is 0 Å². The molecule has 1 saturated heterocycles. The molecule has 0 radical (unpaired) electrons. The van der Waals surface area contributed by atoms with Crippen molar-refractivity contribution in [1.82, 2.24) is 14.5 Å². The number of rotatable bonds is 4. The van der Waals surface area contributed by atoms with Gasteiger partial charge in [0.25, 0.3) is 0 Å². The minimum Gasteiger partial charge on any atom is -0.311 e. The zero-order chi connectivity index (χ0) is 19.6. The minimum absolute atomic E-state index is 0.286. The second-order valence-electron chi connectivity index (χ2n) is 7.73. The number of hydrogen-bond acceptors (Lipinski definition) is 2. The van der Waals surface area contributed by atoms with Gasteiger partial charge >= 0.3 is 0 Å². The highest BCUT2D eigenvalue weighted by Crippen LogP contribution is 2.36. The van der Waals surface area contributed by atoms with E-state index in [4.69, 9.17) is 11.6 Å². The first kappa shape index (κ1) is 18.4. The van der Waals surface area contributed by atoms with E-state index >= 15 is 0 Å². The Hall–Kier alpha value is -2.62. The Bertz CT molecular complexity index is 1040. The number of aromatic nitrogens is 2. The van der Waals surface area contributed by atoms with Crippen molar-refractivity contribution in [2.45, 2.75) is 24.9 Å². The molecule has 0 saturated carbocycles. The SMILES string of the molecule is Clc1nc2ccccc2n1C1CCN(C(c2ccccc2)c2ccccc2)CC1. The molecule has 146 valence electrons. The molecule has 0 amide bonds. The molecule has 5 rings (SSSR count). The lowest BCUT2D eigenvalue weighted by molar-refractivity contribution is 0.155. The third-order valence-corrected chi connectivity index (χ3v) is 6.28. The van der Waals surface area contributed by atoms with E-state index < -0.39 is 0 Å². The van der Waals surface area contributed by atoms with Gasteiger partial charge in [-0.15, -0.1) is 0 Å². The van der Waals surface area contributed by atoms with E-state index in [-0.39, 0.29) is 6.04 Å². The van der Waals surface area contributed by atoms with Gasteiger partial charge in [0.05, 0.1) is 17.1 Å². The van der Waals surface area contributed by atoms with Crippen LogP contribution >= 0.6 is 11.6 Å². The Morgan fingerprint density at radius 1 is 0.759 bits per heavy atom. The van der Waals surface area contributed by atoms with E-state index in [2.05, 4.69) is 87.2 Å². The summed E-state index contributed by atoms with van der Waals surface area (Å²) < 4.78 is 2.23. The van der Waals surface area contributed by atoms with Crippen molar-refractivity contribution in [2.24, 2.45) is 0 Å². The second kappa shape index (κ2) is 8.02. The summed E-state index contributed by atoms with van der Waals surface area (Å²) in [6.07, 6.45) is 2.13. The summed E-state index contributed by atoms with van der Waals surface area (Å²) in [6, 6.07) is 30.6. The van der Waals surface area contributed by atoms with E-state index in [1.807, 2.05) is 12.1 Å². The van der Waals surface area contributed by atoms with Crippen LogP contribution in [0.5, 0.6) is 0 Å². The van der Waals surface area contributed by atoms with Crippen LogP contribution in [0.2, 0.25) is 5.28 Å². The number of fused-ring (bicyclic) bond motifs is 1. The molecule has 4 aromatic rings. The van der Waals surface area contributed by atoms with Crippen molar-refractivity contribution >= 4 is 22.6 Å². The molecule has 4 heteroatoms. The van der Waals surface area contributed by atoms with Crippen LogP contribution in [-0.2, 0) is 0 Å². The van der Waals surface area contributed by atoms with Crippen molar-refractivity contribution in [2.75, 3.05) is 13.1 Å². The summed E-state index contributed by atoms with van der Waals surface area (Å²) >= 11 is 6.53. The molecule has 29 heavy (non-hydrogen) atoms. The molecular weight excluding hydrogens is 378 g/mol. The van der Waals surface area contributed by atoms with E-state index in [1.165, 1.54) is 11.1 Å². The van der Waals surface area contributed by atoms with E-state index in [1.54, 1.807) is 0 Å². The Morgan fingerprint density at radius 2 is 1.31 bits per heavy atom. The maximum atomic E-state index is 6.53. The fourth-order valence-electron chi connectivity index (χ4n) is 4.65. The third-order valence-electron chi connectivity index (χ3n) is 6.01. The van der Waals surface area contributed by atoms with Crippen LogP contribution in [0.3, 0.4) is 0 Å². The molecule has 1 aromatic heterocycles. The predicted octanol–water partition coefficient (Wildman–Crippen LogP) is 6.12. The number of piperidine rings is 1. The second-order valence-corrected chi connectivity index (χ2v) is 8.07. The molecule has 0 bridgehead atoms. The van der Waals surface area contributed by atoms with Crippen LogP contribution in [0.15, 0.2) is 84.9 Å². The van der Waals surface area contributed by atoms with E-state index in [0.717, 1.165) is 37.0 Å². The van der Waals surface area contributed by atoms with Crippen molar-refractivity contribution in [3.8, 4) is 0 Å². The van der Waals surface area contributed by atoms with Crippen LogP contribution in [-0.4, -0.2) is 27.5 Å². The predicted molar refractivity (Wildman–Crippen MR) is 119 cm³/mol. The van der Waals surface area contributed by atoms with Gasteiger partial charge in [0, 0.05) is 19.1 Å². The zero-order valence-electron chi connectivity index (χ0n) is 16.3. The van der Waals surface area contributed by atoms with Gasteiger partial charge in [-0.2, -0.15) is 0 Å². The van der Waals surface area contributed by atoms with Crippen LogP contribution in [0.25, 0.3) is 11.0 Å². The maximum absolute atomic E-state index is 6.53. The molecule has 0 spiro atoms. The zero-order valence-corrected chi connectivity index (χ0v) is 17.0. The lowest BCUT2D eigenvalue weighted by atomic mass is 9.94. The van der Waals surface area contributed by atoms with Crippen LogP contribution in [0.1, 0.15) is 36.1 Å². The van der Waals surface area contributed by atoms with Gasteiger partial charge in [0.2, 0.25) is 5.28 Å². The molecule has 0 N–H and O–H groups in total. The average Bonchev–Trinajstić information content (AvgIpc) is 3.12. The molecule has 3 aromatic carbocycles. The lowest BCUT2D eigenvalue weighted by Gasteiger charge is -2.38. The van der Waals surface area contributed by atoms with Crippen molar-refractivity contribution in [1.29, 1.82) is 0 Å². The summed E-state index contributed by atoms with van der Waals surface area (Å²) in [6.45, 7) is 2.06. The monoisotopic (exact) mass is 401 g/mol. The Labute approximate surface area is 176 Å². The van der Waals surface area contributed by atoms with Gasteiger partial charge in [-0.3, -0.25) is 4.90 Å². The summed E-state index contributed by atoms with van der Waals surface area (Å²) in [4.78, 5) is 7.16. The topological polar surface area (TPSA) is 21.1 Å². The fraction of sp³-hybridized carbons (Fsp3) is 0.240. The van der Waals surface area contributed by atoms with Crippen LogP contribution < -0.4 is 0 Å². The minimum atomic E-state index is 0.286. The average molecular weight is 402 g/mol. The molecule has 1 aliphatic heterocycles. The normalized spacial score (nSPS) is 15.9. The van der Waals surface area contributed by atoms with Gasteiger partial charge in [-0.1, -0.05) is 72.8 Å². The Kier molecular flexibility index (Phi) is 5.09. The van der Waals surface area contributed by atoms with Gasteiger partial charge in [0.15, 0.2) is 0 Å². The first-order valence-corrected chi connectivity index (χ1v) is 10.7. The third kappa shape index (κ3) is 3.57. The molecule has 3 nitrogen and oxygen atoms in total. The summed E-state index contributed by atoms with van der Waals surface area (Å²) in [5.74, 6) is 0. The highest BCUT2D eigenvalue weighted by molar-refractivity contribution is 6.29. The fourth-order valence-corrected chi connectivity index (χ4v) is 4.97. The summed E-state index contributed by atoms with van der Waals surface area (Å²) in [5.41, 5.74) is 4.82. The lowest BCUT2D eigenvalue weighted by Crippen LogP contribution is -2.38. The van der Waals surface area contributed by atoms with E-state index in [9.17, 15) is 0 Å². The molecule has 2 heterocycles. The molecule has 1 aliphatic rings. The highest BCUT2D eigenvalue weighted by Gasteiger charge is 2.29. The number of para-hydroxylation sites is 2. The summed E-state index contributed by atoms with van der Waals surface area (Å²) in [7, 11) is 0. The maximum Gasteiger partial charge on any atom is 0.204 e. The standard InChI is InChI=1S/C25H24ClN3/c26-25-27-22-13-7-8-14-23(22)29(25)21-15-17-28(18-16-21)24(19-9-3-1-4-10-19)20-11-5-2-6-12-20/h1-14,21,24H,15-18H2. The van der Waals surface area contributed by atoms with Gasteiger partial charge < -0.3 is 4.57 Å². The van der Waals surface area contributed by atoms with Crippen LogP contribution in [0, 0.1) is 0 Å². The van der Waals surface area contributed by atoms with Crippen molar-refractivity contribution in [3.05, 3.63) is 101 Å². The number of imidazole rings is 1. The van der Waals surface area contributed by atoms with Crippen molar-refractivity contribution < 1.29 is 0 Å². The number of nitrogens with zero attached hydrogens (tertiary/aromatic N) is 3. The molecule has 0 unspecified atom stereocenters. The van der Waals surface area contributed by atoms with E-state index in [0.29, 0.717) is 11.3 Å². The largest absolute Gasteiger partial charge is 0.311 e. The molecule has 0 aliphatic carbocycles. The molecular formula is C25H24ClN3. The highest BCUT2D eigenvalue weighted by atomic mass is 35.5.